The smallest absolute Gasteiger partial charge is 0.227 e. The van der Waals surface area contributed by atoms with Gasteiger partial charge < -0.3 is 14.8 Å². The maximum Gasteiger partial charge on any atom is 0.227 e. The van der Waals surface area contributed by atoms with Crippen LogP contribution < -0.4 is 14.8 Å². The highest BCUT2D eigenvalue weighted by atomic mass is 32.2. The maximum absolute atomic E-state index is 6.64. The Kier molecular flexibility index (Phi) is 4.69. The van der Waals surface area contributed by atoms with E-state index in [1.54, 1.807) is 18.4 Å². The second-order valence-corrected chi connectivity index (χ2v) is 9.26. The molecular weight excluding hydrogens is 440 g/mol. The molecule has 8 heteroatoms. The standard InChI is InChI=1S/C24H20N4O2S2/c1-29-15-11-9-14(10-12-15)22-19-20(16-6-3-4-7-17(16)30-22)25-23-26-24(31-2)27-28(23)21(19)18-8-5-13-32-18/h3-13,21-22H,1-2H3,(H,25,26,27)/t21-,22-/m1/s1. The summed E-state index contributed by atoms with van der Waals surface area (Å²) in [6, 6.07) is 20.4. The van der Waals surface area contributed by atoms with Gasteiger partial charge in [0.25, 0.3) is 0 Å². The third-order valence-corrected chi connectivity index (χ3v) is 7.24. The number of hydrogen-bond donors (Lipinski definition) is 1. The van der Waals surface area contributed by atoms with Gasteiger partial charge in [-0.15, -0.1) is 16.4 Å². The highest BCUT2D eigenvalue weighted by Gasteiger charge is 2.41. The van der Waals surface area contributed by atoms with Crippen molar-refractivity contribution < 1.29 is 9.47 Å². The maximum atomic E-state index is 6.64. The number of ether oxygens (including phenoxy) is 2. The molecule has 2 aromatic heterocycles. The molecule has 2 aromatic carbocycles. The number of fused-ring (bicyclic) bond motifs is 3. The highest BCUT2D eigenvalue weighted by molar-refractivity contribution is 7.98. The van der Waals surface area contributed by atoms with Crippen molar-refractivity contribution >= 4 is 34.7 Å². The summed E-state index contributed by atoms with van der Waals surface area (Å²) in [5.74, 6) is 2.41. The molecular formula is C24H20N4O2S2. The first-order valence-corrected chi connectivity index (χ1v) is 12.3. The van der Waals surface area contributed by atoms with Gasteiger partial charge in [-0.3, -0.25) is 0 Å². The Balaban J connectivity index is 1.60. The zero-order valence-corrected chi connectivity index (χ0v) is 19.1. The second kappa shape index (κ2) is 7.72. The minimum Gasteiger partial charge on any atom is -0.497 e. The van der Waals surface area contributed by atoms with Crippen LogP contribution in [-0.2, 0) is 0 Å². The summed E-state index contributed by atoms with van der Waals surface area (Å²) >= 11 is 3.26. The van der Waals surface area contributed by atoms with E-state index in [-0.39, 0.29) is 12.1 Å². The van der Waals surface area contributed by atoms with Gasteiger partial charge in [0, 0.05) is 16.0 Å². The average molecular weight is 461 g/mol. The van der Waals surface area contributed by atoms with Crippen molar-refractivity contribution in [1.82, 2.24) is 14.8 Å². The zero-order valence-electron chi connectivity index (χ0n) is 17.5. The minimum absolute atomic E-state index is 0.116. The first kappa shape index (κ1) is 19.5. The lowest BCUT2D eigenvalue weighted by Crippen LogP contribution is -2.32. The molecule has 160 valence electrons. The average Bonchev–Trinajstić information content (AvgIpc) is 3.52. The SMILES string of the molecule is COc1ccc([C@H]2Oc3ccccc3C3=C2[C@@H](c2cccs2)n2nc(SC)nc2N3)cc1. The van der Waals surface area contributed by atoms with E-state index >= 15 is 0 Å². The zero-order chi connectivity index (χ0) is 21.7. The Morgan fingerprint density at radius 1 is 1.09 bits per heavy atom. The van der Waals surface area contributed by atoms with Crippen LogP contribution in [0.2, 0.25) is 0 Å². The van der Waals surface area contributed by atoms with Crippen molar-refractivity contribution in [1.29, 1.82) is 0 Å². The molecule has 4 heterocycles. The van der Waals surface area contributed by atoms with E-state index in [2.05, 4.69) is 41.0 Å². The van der Waals surface area contributed by atoms with Gasteiger partial charge in [-0.25, -0.2) is 4.68 Å². The van der Waals surface area contributed by atoms with Gasteiger partial charge >= 0.3 is 0 Å². The Morgan fingerprint density at radius 2 is 1.94 bits per heavy atom. The summed E-state index contributed by atoms with van der Waals surface area (Å²) in [6.45, 7) is 0. The summed E-state index contributed by atoms with van der Waals surface area (Å²) in [4.78, 5) is 5.92. The van der Waals surface area contributed by atoms with Crippen LogP contribution in [0, 0.1) is 0 Å². The molecule has 0 radical (unpaired) electrons. The van der Waals surface area contributed by atoms with Crippen LogP contribution >= 0.6 is 23.1 Å². The molecule has 2 aliphatic rings. The van der Waals surface area contributed by atoms with Crippen LogP contribution in [0.15, 0.2) is 76.8 Å². The van der Waals surface area contributed by atoms with Gasteiger partial charge in [0.05, 0.1) is 12.8 Å². The molecule has 6 rings (SSSR count). The van der Waals surface area contributed by atoms with E-state index in [9.17, 15) is 0 Å². The van der Waals surface area contributed by atoms with Crippen LogP contribution in [0.5, 0.6) is 11.5 Å². The van der Waals surface area contributed by atoms with E-state index < -0.39 is 0 Å². The quantitative estimate of drug-likeness (QED) is 0.398. The predicted molar refractivity (Wildman–Crippen MR) is 128 cm³/mol. The Bertz CT molecular complexity index is 1310. The van der Waals surface area contributed by atoms with Gasteiger partial charge in [0.1, 0.15) is 23.6 Å². The number of nitrogens with zero attached hydrogens (tertiary/aromatic N) is 3. The summed E-state index contributed by atoms with van der Waals surface area (Å²) < 4.78 is 14.0. The number of para-hydroxylation sites is 1. The first-order chi connectivity index (χ1) is 15.8. The number of anilines is 1. The number of aromatic nitrogens is 3. The Hall–Kier alpha value is -3.23. The van der Waals surface area contributed by atoms with Gasteiger partial charge in [-0.2, -0.15) is 4.98 Å². The molecule has 0 unspecified atom stereocenters. The third kappa shape index (κ3) is 3.02. The fourth-order valence-corrected chi connectivity index (χ4v) is 5.49. The molecule has 0 fully saturated rings. The van der Waals surface area contributed by atoms with Crippen molar-refractivity contribution in [3.63, 3.8) is 0 Å². The lowest BCUT2D eigenvalue weighted by Gasteiger charge is -2.38. The van der Waals surface area contributed by atoms with Gasteiger partial charge in [0.2, 0.25) is 11.1 Å². The monoisotopic (exact) mass is 460 g/mol. The van der Waals surface area contributed by atoms with Gasteiger partial charge in [-0.1, -0.05) is 42.1 Å². The number of hydrogen-bond acceptors (Lipinski definition) is 7. The minimum atomic E-state index is -0.277. The fourth-order valence-electron chi connectivity index (χ4n) is 4.32. The summed E-state index contributed by atoms with van der Waals surface area (Å²) in [5, 5.41) is 11.2. The number of thioether (sulfide) groups is 1. The largest absolute Gasteiger partial charge is 0.497 e. The molecule has 0 saturated heterocycles. The van der Waals surface area contributed by atoms with Crippen molar-refractivity contribution in [3.05, 3.63) is 87.6 Å². The van der Waals surface area contributed by atoms with Crippen LogP contribution in [0.1, 0.15) is 28.1 Å². The lowest BCUT2D eigenvalue weighted by molar-refractivity contribution is 0.223. The highest BCUT2D eigenvalue weighted by Crippen LogP contribution is 2.51. The van der Waals surface area contributed by atoms with Crippen molar-refractivity contribution in [2.75, 3.05) is 18.7 Å². The Morgan fingerprint density at radius 3 is 2.69 bits per heavy atom. The molecule has 0 saturated carbocycles. The molecule has 2 aliphatic heterocycles. The first-order valence-electron chi connectivity index (χ1n) is 10.2. The van der Waals surface area contributed by atoms with Gasteiger partial charge in [-0.05, 0) is 47.5 Å². The van der Waals surface area contributed by atoms with Crippen LogP contribution in [-0.4, -0.2) is 28.1 Å². The summed E-state index contributed by atoms with van der Waals surface area (Å²) in [5.41, 5.74) is 4.26. The molecule has 1 N–H and O–H groups in total. The Labute approximate surface area is 193 Å². The number of thiophene rings is 1. The molecule has 2 atom stereocenters. The fraction of sp³-hybridized carbons (Fsp3) is 0.167. The molecule has 0 spiro atoms. The predicted octanol–water partition coefficient (Wildman–Crippen LogP) is 5.63. The number of rotatable bonds is 4. The number of methoxy groups -OCH3 is 1. The topological polar surface area (TPSA) is 61.2 Å². The molecule has 32 heavy (non-hydrogen) atoms. The van der Waals surface area contributed by atoms with E-state index in [1.165, 1.54) is 16.6 Å². The lowest BCUT2D eigenvalue weighted by atomic mass is 9.87. The number of nitrogens with one attached hydrogen (secondary N) is 1. The van der Waals surface area contributed by atoms with E-state index in [4.69, 9.17) is 19.6 Å². The van der Waals surface area contributed by atoms with Crippen molar-refractivity contribution in [2.24, 2.45) is 0 Å². The molecule has 4 aromatic rings. The van der Waals surface area contributed by atoms with E-state index in [1.807, 2.05) is 41.3 Å². The van der Waals surface area contributed by atoms with E-state index in [0.29, 0.717) is 0 Å². The van der Waals surface area contributed by atoms with Crippen LogP contribution in [0.25, 0.3) is 5.70 Å². The molecule has 0 aliphatic carbocycles. The molecule has 0 amide bonds. The third-order valence-electron chi connectivity index (χ3n) is 5.77. The molecule has 0 bridgehead atoms. The summed E-state index contributed by atoms with van der Waals surface area (Å²) in [7, 11) is 1.68. The van der Waals surface area contributed by atoms with Crippen LogP contribution in [0.4, 0.5) is 5.95 Å². The van der Waals surface area contributed by atoms with E-state index in [0.717, 1.165) is 45.0 Å². The van der Waals surface area contributed by atoms with Gasteiger partial charge in [0.15, 0.2) is 0 Å². The molecule has 6 nitrogen and oxygen atoms in total. The van der Waals surface area contributed by atoms with Crippen LogP contribution in [0.3, 0.4) is 0 Å². The second-order valence-electron chi connectivity index (χ2n) is 7.51. The van der Waals surface area contributed by atoms with Crippen molar-refractivity contribution in [3.8, 4) is 11.5 Å². The van der Waals surface area contributed by atoms with Crippen molar-refractivity contribution in [2.45, 2.75) is 17.3 Å². The summed E-state index contributed by atoms with van der Waals surface area (Å²) in [6.07, 6.45) is 1.72. The normalized spacial score (nSPS) is 18.8. The number of benzene rings is 2.